The van der Waals surface area contributed by atoms with E-state index in [1.54, 1.807) is 0 Å². The third-order valence-corrected chi connectivity index (χ3v) is 4.51. The van der Waals surface area contributed by atoms with E-state index < -0.39 is 0 Å². The number of rotatable bonds is 7. The van der Waals surface area contributed by atoms with Crippen LogP contribution in [-0.4, -0.2) is 62.2 Å². The van der Waals surface area contributed by atoms with Crippen molar-refractivity contribution < 1.29 is 0 Å². The highest BCUT2D eigenvalue weighted by Gasteiger charge is 2.20. The molecule has 0 spiro atoms. The van der Waals surface area contributed by atoms with E-state index in [2.05, 4.69) is 50.0 Å². The largest absolute Gasteiger partial charge is 0.313 e. The summed E-state index contributed by atoms with van der Waals surface area (Å²) in [7, 11) is 4.51. The Morgan fingerprint density at radius 2 is 1.89 bits per heavy atom. The molecule has 2 atom stereocenters. The summed E-state index contributed by atoms with van der Waals surface area (Å²) < 4.78 is 0. The van der Waals surface area contributed by atoms with E-state index in [9.17, 15) is 0 Å². The van der Waals surface area contributed by atoms with Crippen LogP contribution in [0, 0.1) is 5.92 Å². The molecule has 0 saturated carbocycles. The van der Waals surface area contributed by atoms with Gasteiger partial charge in [-0.05, 0) is 66.2 Å². The van der Waals surface area contributed by atoms with Gasteiger partial charge < -0.3 is 15.1 Å². The van der Waals surface area contributed by atoms with E-state index in [0.717, 1.165) is 12.5 Å². The fourth-order valence-corrected chi connectivity index (χ4v) is 2.50. The minimum Gasteiger partial charge on any atom is -0.313 e. The van der Waals surface area contributed by atoms with Gasteiger partial charge in [-0.3, -0.25) is 0 Å². The molecule has 3 nitrogen and oxygen atoms in total. The summed E-state index contributed by atoms with van der Waals surface area (Å²) >= 11 is 0. The van der Waals surface area contributed by atoms with Crippen LogP contribution in [-0.2, 0) is 0 Å². The van der Waals surface area contributed by atoms with E-state index in [1.165, 1.54) is 38.9 Å². The number of hydrogen-bond acceptors (Lipinski definition) is 3. The third kappa shape index (κ3) is 5.68. The van der Waals surface area contributed by atoms with Crippen molar-refractivity contribution >= 4 is 0 Å². The van der Waals surface area contributed by atoms with Gasteiger partial charge in [0, 0.05) is 25.2 Å². The summed E-state index contributed by atoms with van der Waals surface area (Å²) in [6, 6.07) is 1.28. The van der Waals surface area contributed by atoms with Gasteiger partial charge in [-0.15, -0.1) is 0 Å². The Balaban J connectivity index is 2.20. The average Bonchev–Trinajstić information content (AvgIpc) is 2.38. The van der Waals surface area contributed by atoms with E-state index in [1.807, 2.05) is 0 Å². The fraction of sp³-hybridized carbons (Fsp3) is 1.00. The highest BCUT2D eigenvalue weighted by atomic mass is 15.2. The zero-order valence-corrected chi connectivity index (χ0v) is 13.1. The van der Waals surface area contributed by atoms with Crippen LogP contribution in [0.2, 0.25) is 0 Å². The monoisotopic (exact) mass is 255 g/mol. The van der Waals surface area contributed by atoms with Gasteiger partial charge in [-0.2, -0.15) is 0 Å². The Hall–Kier alpha value is -0.120. The Morgan fingerprint density at radius 3 is 2.44 bits per heavy atom. The van der Waals surface area contributed by atoms with Crippen LogP contribution in [0.4, 0.5) is 0 Å². The number of likely N-dealkylation sites (N-methyl/N-ethyl adjacent to an activating group) is 1. The summed E-state index contributed by atoms with van der Waals surface area (Å²) in [5.74, 6) is 0.900. The van der Waals surface area contributed by atoms with E-state index in [4.69, 9.17) is 0 Å². The van der Waals surface area contributed by atoms with Gasteiger partial charge in [-0.1, -0.05) is 6.92 Å². The summed E-state index contributed by atoms with van der Waals surface area (Å²) in [6.45, 7) is 11.8. The molecule has 1 saturated heterocycles. The first kappa shape index (κ1) is 15.9. The van der Waals surface area contributed by atoms with Gasteiger partial charge >= 0.3 is 0 Å². The van der Waals surface area contributed by atoms with Crippen molar-refractivity contribution in [2.45, 2.75) is 52.1 Å². The predicted molar refractivity (Wildman–Crippen MR) is 80.1 cm³/mol. The predicted octanol–water partition coefficient (Wildman–Crippen LogP) is 2.04. The Kier molecular flexibility index (Phi) is 7.20. The fourth-order valence-electron chi connectivity index (χ4n) is 2.50. The van der Waals surface area contributed by atoms with Gasteiger partial charge in [0.2, 0.25) is 0 Å². The normalized spacial score (nSPS) is 22.3. The minimum atomic E-state index is 0.638. The lowest BCUT2D eigenvalue weighted by molar-refractivity contribution is 0.152. The number of piperidine rings is 1. The number of hydrogen-bond donors (Lipinski definition) is 1. The van der Waals surface area contributed by atoms with Crippen LogP contribution >= 0.6 is 0 Å². The highest BCUT2D eigenvalue weighted by molar-refractivity contribution is 4.76. The summed E-state index contributed by atoms with van der Waals surface area (Å²) in [6.07, 6.45) is 3.95. The van der Waals surface area contributed by atoms with Crippen molar-refractivity contribution in [2.24, 2.45) is 5.92 Å². The molecule has 0 aromatic heterocycles. The molecule has 2 unspecified atom stereocenters. The molecule has 0 amide bonds. The van der Waals surface area contributed by atoms with Crippen LogP contribution in [0.1, 0.15) is 40.0 Å². The molecular formula is C15H33N3. The lowest BCUT2D eigenvalue weighted by Crippen LogP contribution is -2.44. The SMILES string of the molecule is CCC(C)NCC(C)N(C)CC1CCN(C)CC1. The molecule has 0 aromatic rings. The number of likely N-dealkylation sites (tertiary alicyclic amines) is 1. The Bertz CT molecular complexity index is 212. The molecule has 1 aliphatic heterocycles. The van der Waals surface area contributed by atoms with Gasteiger partial charge in [0.05, 0.1) is 0 Å². The summed E-state index contributed by atoms with van der Waals surface area (Å²) in [5, 5.41) is 3.61. The van der Waals surface area contributed by atoms with E-state index in [0.29, 0.717) is 12.1 Å². The molecule has 1 N–H and O–H groups in total. The quantitative estimate of drug-likeness (QED) is 0.751. The lowest BCUT2D eigenvalue weighted by Gasteiger charge is -2.34. The molecule has 0 radical (unpaired) electrons. The van der Waals surface area contributed by atoms with Crippen molar-refractivity contribution in [3.63, 3.8) is 0 Å². The second kappa shape index (κ2) is 8.13. The molecule has 1 rings (SSSR count). The van der Waals surface area contributed by atoms with Crippen LogP contribution in [0.3, 0.4) is 0 Å². The van der Waals surface area contributed by atoms with Crippen molar-refractivity contribution in [1.29, 1.82) is 0 Å². The smallest absolute Gasteiger partial charge is 0.0189 e. The second-order valence-corrected chi connectivity index (χ2v) is 6.25. The van der Waals surface area contributed by atoms with Crippen molar-refractivity contribution in [3.05, 3.63) is 0 Å². The highest BCUT2D eigenvalue weighted by Crippen LogP contribution is 2.17. The van der Waals surface area contributed by atoms with Crippen LogP contribution < -0.4 is 5.32 Å². The molecular weight excluding hydrogens is 222 g/mol. The van der Waals surface area contributed by atoms with Gasteiger partial charge in [0.15, 0.2) is 0 Å². The number of nitrogens with zero attached hydrogens (tertiary/aromatic N) is 2. The van der Waals surface area contributed by atoms with Crippen LogP contribution in [0.15, 0.2) is 0 Å². The molecule has 3 heteroatoms. The lowest BCUT2D eigenvalue weighted by atomic mass is 9.96. The standard InChI is InChI=1S/C15H33N3/c1-6-13(2)16-11-14(3)18(5)12-15-7-9-17(4)10-8-15/h13-16H,6-12H2,1-5H3. The van der Waals surface area contributed by atoms with Gasteiger partial charge in [0.1, 0.15) is 0 Å². The molecule has 18 heavy (non-hydrogen) atoms. The Morgan fingerprint density at radius 1 is 1.28 bits per heavy atom. The molecule has 0 aliphatic carbocycles. The zero-order valence-electron chi connectivity index (χ0n) is 13.1. The summed E-state index contributed by atoms with van der Waals surface area (Å²) in [4.78, 5) is 4.98. The molecule has 1 aliphatic rings. The maximum absolute atomic E-state index is 3.61. The maximum Gasteiger partial charge on any atom is 0.0189 e. The molecule has 0 bridgehead atoms. The topological polar surface area (TPSA) is 18.5 Å². The first-order chi connectivity index (χ1) is 8.52. The van der Waals surface area contributed by atoms with Crippen molar-refractivity contribution in [2.75, 3.05) is 40.3 Å². The minimum absolute atomic E-state index is 0.638. The van der Waals surface area contributed by atoms with E-state index >= 15 is 0 Å². The Labute approximate surface area is 114 Å². The molecule has 1 heterocycles. The molecule has 108 valence electrons. The van der Waals surface area contributed by atoms with Crippen molar-refractivity contribution in [3.8, 4) is 0 Å². The molecule has 1 fully saturated rings. The van der Waals surface area contributed by atoms with Crippen molar-refractivity contribution in [1.82, 2.24) is 15.1 Å². The first-order valence-electron chi connectivity index (χ1n) is 7.65. The van der Waals surface area contributed by atoms with Gasteiger partial charge in [0.25, 0.3) is 0 Å². The average molecular weight is 255 g/mol. The second-order valence-electron chi connectivity index (χ2n) is 6.25. The summed E-state index contributed by atoms with van der Waals surface area (Å²) in [5.41, 5.74) is 0. The first-order valence-corrected chi connectivity index (χ1v) is 7.65. The number of nitrogens with one attached hydrogen (secondary N) is 1. The van der Waals surface area contributed by atoms with Gasteiger partial charge in [-0.25, -0.2) is 0 Å². The third-order valence-electron chi connectivity index (χ3n) is 4.51. The van der Waals surface area contributed by atoms with Crippen LogP contribution in [0.25, 0.3) is 0 Å². The maximum atomic E-state index is 3.61. The molecule has 0 aromatic carbocycles. The van der Waals surface area contributed by atoms with Crippen LogP contribution in [0.5, 0.6) is 0 Å². The zero-order chi connectivity index (χ0) is 13.5. The van der Waals surface area contributed by atoms with E-state index in [-0.39, 0.29) is 0 Å².